The van der Waals surface area contributed by atoms with Gasteiger partial charge >= 0.3 is 0 Å². The Morgan fingerprint density at radius 1 is 0.380 bits per heavy atom. The van der Waals surface area contributed by atoms with E-state index in [1.807, 2.05) is 13.8 Å². The smallest absolute Gasteiger partial charge is 0.238 e. The highest BCUT2D eigenvalue weighted by Gasteiger charge is 2.35. The molecule has 4 nitrogen and oxygen atoms in total. The van der Waals surface area contributed by atoms with Gasteiger partial charge in [-0.05, 0) is 72.7 Å². The summed E-state index contributed by atoms with van der Waals surface area (Å²) in [6, 6.07) is 78.6. The number of benzene rings is 10. The fourth-order valence-corrected chi connectivity index (χ4v) is 11.1. The van der Waals surface area contributed by atoms with E-state index in [2.05, 4.69) is 250 Å². The van der Waals surface area contributed by atoms with Crippen molar-refractivity contribution in [3.05, 3.63) is 254 Å². The van der Waals surface area contributed by atoms with Gasteiger partial charge in [-0.3, -0.25) is 4.57 Å². The number of hydrogen-bond donors (Lipinski definition) is 0. The highest BCUT2D eigenvalue weighted by atomic mass is 15.2. The van der Waals surface area contributed by atoms with E-state index >= 15 is 0 Å². The molecule has 13 rings (SSSR count). The predicted molar refractivity (Wildman–Crippen MR) is 300 cm³/mol. The van der Waals surface area contributed by atoms with Crippen LogP contribution in [0.1, 0.15) is 49.9 Å². The van der Waals surface area contributed by atoms with Gasteiger partial charge in [0, 0.05) is 38.3 Å². The Morgan fingerprint density at radius 3 is 1.42 bits per heavy atom. The van der Waals surface area contributed by atoms with Crippen molar-refractivity contribution in [2.45, 2.75) is 39.5 Å². The van der Waals surface area contributed by atoms with Crippen molar-refractivity contribution in [1.29, 1.82) is 0 Å². The Morgan fingerprint density at radius 2 is 0.817 bits per heavy atom. The van der Waals surface area contributed by atoms with E-state index in [-0.39, 0.29) is 5.41 Å². The summed E-state index contributed by atoms with van der Waals surface area (Å²) in [6.45, 7) is 14.8. The number of rotatable bonds is 6. The van der Waals surface area contributed by atoms with Crippen LogP contribution in [0.2, 0.25) is 0 Å². The van der Waals surface area contributed by atoms with Gasteiger partial charge in [-0.1, -0.05) is 246 Å². The number of aromatic nitrogens is 4. The highest BCUT2D eigenvalue weighted by Crippen LogP contribution is 2.50. The third-order valence-corrected chi connectivity index (χ3v) is 14.1. The van der Waals surface area contributed by atoms with Crippen molar-refractivity contribution < 1.29 is 0 Å². The minimum absolute atomic E-state index is 0.246. The summed E-state index contributed by atoms with van der Waals surface area (Å²) in [5.41, 5.74) is 16.2. The van der Waals surface area contributed by atoms with E-state index in [1.165, 1.54) is 49.4 Å². The van der Waals surface area contributed by atoms with E-state index < -0.39 is 0 Å². The quantitative estimate of drug-likeness (QED) is 0.123. The van der Waals surface area contributed by atoms with Crippen LogP contribution in [-0.4, -0.2) is 19.5 Å². The van der Waals surface area contributed by atoms with Crippen LogP contribution in [0.5, 0.6) is 0 Å². The molecule has 1 aliphatic carbocycles. The Balaban J connectivity index is 0.00000134. The summed E-state index contributed by atoms with van der Waals surface area (Å²) in [7, 11) is 0. The Kier molecular flexibility index (Phi) is 11.8. The zero-order valence-corrected chi connectivity index (χ0v) is 40.7. The van der Waals surface area contributed by atoms with Crippen LogP contribution < -0.4 is 0 Å². The normalized spacial score (nSPS) is 12.4. The molecule has 2 heterocycles. The molecule has 10 aromatic carbocycles. The first-order valence-corrected chi connectivity index (χ1v) is 24.7. The minimum Gasteiger partial charge on any atom is -0.277 e. The van der Waals surface area contributed by atoms with E-state index in [0.717, 1.165) is 67.2 Å². The Bertz CT molecular complexity index is 3800. The molecule has 342 valence electrons. The van der Waals surface area contributed by atoms with Gasteiger partial charge in [-0.25, -0.2) is 4.98 Å². The summed E-state index contributed by atoms with van der Waals surface area (Å²) >= 11 is 0. The van der Waals surface area contributed by atoms with Gasteiger partial charge in [0.1, 0.15) is 0 Å². The molecule has 0 aliphatic heterocycles. The average molecular weight is 915 g/mol. The van der Waals surface area contributed by atoms with Crippen LogP contribution in [0.15, 0.2) is 232 Å². The largest absolute Gasteiger partial charge is 0.277 e. The molecule has 0 spiro atoms. The first-order chi connectivity index (χ1) is 35.0. The van der Waals surface area contributed by atoms with Gasteiger partial charge in [0.2, 0.25) is 5.95 Å². The van der Waals surface area contributed by atoms with Crippen molar-refractivity contribution >= 4 is 43.4 Å². The second kappa shape index (κ2) is 18.6. The van der Waals surface area contributed by atoms with E-state index in [4.69, 9.17) is 15.0 Å². The topological polar surface area (TPSA) is 43.6 Å². The molecule has 0 atom stereocenters. The maximum atomic E-state index is 5.55. The van der Waals surface area contributed by atoms with Gasteiger partial charge in [0.25, 0.3) is 0 Å². The molecular formula is C67H54N4. The SMILES string of the molecule is C=C.CC.CC1(C)c2ccccc2Cc2cccc(-c3cccc4c5c6ccccc6c6ccccc6c5n(-c5nc(-c6ccc(-c7ccccc7)cc6)nc(-c6ccc(-c7ccccc7)cc6)n5)c34)c21. The molecule has 0 saturated heterocycles. The van der Waals surface area contributed by atoms with Crippen molar-refractivity contribution in [1.82, 2.24) is 19.5 Å². The summed E-state index contributed by atoms with van der Waals surface area (Å²) in [5.74, 6) is 1.79. The summed E-state index contributed by atoms with van der Waals surface area (Å²) in [6.07, 6.45) is 0.892. The molecule has 2 aromatic heterocycles. The molecule has 0 saturated carbocycles. The van der Waals surface area contributed by atoms with E-state index in [0.29, 0.717) is 17.6 Å². The molecule has 0 unspecified atom stereocenters. The fourth-order valence-electron chi connectivity index (χ4n) is 11.1. The minimum atomic E-state index is -0.246. The maximum Gasteiger partial charge on any atom is 0.238 e. The molecule has 0 radical (unpaired) electrons. The van der Waals surface area contributed by atoms with Crippen LogP contribution in [0.25, 0.3) is 105 Å². The van der Waals surface area contributed by atoms with E-state index in [9.17, 15) is 0 Å². The van der Waals surface area contributed by atoms with Crippen molar-refractivity contribution in [3.63, 3.8) is 0 Å². The number of nitrogens with zero attached hydrogens (tertiary/aromatic N) is 4. The molecule has 71 heavy (non-hydrogen) atoms. The zero-order chi connectivity index (χ0) is 48.6. The third-order valence-electron chi connectivity index (χ3n) is 14.1. The molecule has 4 heteroatoms. The van der Waals surface area contributed by atoms with Crippen LogP contribution in [-0.2, 0) is 11.8 Å². The number of hydrogen-bond acceptors (Lipinski definition) is 3. The van der Waals surface area contributed by atoms with E-state index in [1.54, 1.807) is 0 Å². The van der Waals surface area contributed by atoms with Crippen LogP contribution >= 0.6 is 0 Å². The average Bonchev–Trinajstić information content (AvgIpc) is 3.81. The lowest BCUT2D eigenvalue weighted by atomic mass is 9.66. The lowest BCUT2D eigenvalue weighted by Crippen LogP contribution is -2.28. The summed E-state index contributed by atoms with van der Waals surface area (Å²) in [4.78, 5) is 16.4. The number of para-hydroxylation sites is 1. The Hall–Kier alpha value is -8.73. The highest BCUT2D eigenvalue weighted by molar-refractivity contribution is 6.33. The lowest BCUT2D eigenvalue weighted by molar-refractivity contribution is 0.612. The van der Waals surface area contributed by atoms with Gasteiger partial charge in [0.15, 0.2) is 11.6 Å². The first-order valence-electron chi connectivity index (χ1n) is 24.7. The van der Waals surface area contributed by atoms with Gasteiger partial charge in [-0.2, -0.15) is 9.97 Å². The van der Waals surface area contributed by atoms with Crippen molar-refractivity contribution in [3.8, 4) is 62.1 Å². The molecule has 1 aliphatic rings. The Labute approximate surface area is 416 Å². The predicted octanol–water partition coefficient (Wildman–Crippen LogP) is 17.7. The van der Waals surface area contributed by atoms with Crippen molar-refractivity contribution in [2.75, 3.05) is 0 Å². The second-order valence-corrected chi connectivity index (χ2v) is 18.3. The maximum absolute atomic E-state index is 5.55. The van der Waals surface area contributed by atoms with Gasteiger partial charge in [0.05, 0.1) is 11.0 Å². The third kappa shape index (κ3) is 7.60. The monoisotopic (exact) mass is 914 g/mol. The van der Waals surface area contributed by atoms with Gasteiger partial charge in [-0.15, -0.1) is 13.2 Å². The molecule has 0 fully saturated rings. The number of fused-ring (bicyclic) bond motifs is 10. The molecule has 0 bridgehead atoms. The van der Waals surface area contributed by atoms with Crippen LogP contribution in [0, 0.1) is 0 Å². The molecule has 0 N–H and O–H groups in total. The molecule has 12 aromatic rings. The summed E-state index contributed by atoms with van der Waals surface area (Å²) < 4.78 is 2.36. The fraction of sp³-hybridized carbons (Fsp3) is 0.0896. The standard InChI is InChI=1S/C63H44N4.C2H6.C2H4/c1-63(2)55-30-14-9-21-46(55)39-47-22-15-27-51(57(47)63)53-28-16-29-54-56-50-25-12-10-23-48(50)49-24-11-13-26-52(49)59(56)67(58(53)54)62-65-60(44-35-31-42(32-36-44)40-17-5-3-6-18-40)64-61(66-62)45-37-33-43(34-38-45)41-19-7-4-8-20-41;2*1-2/h3-38H,39H2,1-2H3;1-2H3;1-2H2. The van der Waals surface area contributed by atoms with Crippen LogP contribution in [0.3, 0.4) is 0 Å². The van der Waals surface area contributed by atoms with Gasteiger partial charge < -0.3 is 0 Å². The summed E-state index contributed by atoms with van der Waals surface area (Å²) in [5, 5.41) is 7.09. The molecule has 0 amide bonds. The zero-order valence-electron chi connectivity index (χ0n) is 40.7. The first kappa shape index (κ1) is 44.8. The second-order valence-electron chi connectivity index (χ2n) is 18.3. The van der Waals surface area contributed by atoms with Crippen molar-refractivity contribution in [2.24, 2.45) is 0 Å². The molecular weight excluding hydrogens is 861 g/mol. The lowest BCUT2D eigenvalue weighted by Gasteiger charge is -2.37. The van der Waals surface area contributed by atoms with Crippen LogP contribution in [0.4, 0.5) is 0 Å².